The van der Waals surface area contributed by atoms with Gasteiger partial charge in [-0.1, -0.05) is 12.1 Å². The molecule has 0 amide bonds. The van der Waals surface area contributed by atoms with E-state index < -0.39 is 0 Å². The van der Waals surface area contributed by atoms with E-state index in [-0.39, 0.29) is 0 Å². The van der Waals surface area contributed by atoms with Gasteiger partial charge in [-0.2, -0.15) is 0 Å². The van der Waals surface area contributed by atoms with Gasteiger partial charge in [0.1, 0.15) is 12.1 Å². The molecule has 0 radical (unpaired) electrons. The van der Waals surface area contributed by atoms with E-state index >= 15 is 0 Å². The van der Waals surface area contributed by atoms with Crippen molar-refractivity contribution in [3.8, 4) is 11.3 Å². The van der Waals surface area contributed by atoms with E-state index in [1.165, 1.54) is 48.8 Å². The first-order chi connectivity index (χ1) is 9.38. The predicted molar refractivity (Wildman–Crippen MR) is 76.1 cm³/mol. The second-order valence-electron chi connectivity index (χ2n) is 5.54. The summed E-state index contributed by atoms with van der Waals surface area (Å²) in [5.41, 5.74) is 5.23. The van der Waals surface area contributed by atoms with Crippen molar-refractivity contribution in [3.63, 3.8) is 0 Å². The highest BCUT2D eigenvalue weighted by molar-refractivity contribution is 5.64. The molecule has 1 aromatic carbocycles. The fourth-order valence-corrected chi connectivity index (χ4v) is 2.76. The lowest BCUT2D eigenvalue weighted by atomic mass is 10.0. The fraction of sp³-hybridized carbons (Fsp3) is 0.375. The molecule has 0 atom stereocenters. The first kappa shape index (κ1) is 11.0. The van der Waals surface area contributed by atoms with Crippen molar-refractivity contribution in [2.24, 2.45) is 0 Å². The number of nitrogens with zero attached hydrogens (tertiary/aromatic N) is 2. The van der Waals surface area contributed by atoms with E-state index in [4.69, 9.17) is 0 Å². The van der Waals surface area contributed by atoms with Crippen LogP contribution in [0, 0.1) is 0 Å². The van der Waals surface area contributed by atoms with Gasteiger partial charge in [0.15, 0.2) is 0 Å². The van der Waals surface area contributed by atoms with Crippen LogP contribution in [0.3, 0.4) is 0 Å². The molecule has 4 rings (SSSR count). The summed E-state index contributed by atoms with van der Waals surface area (Å²) in [7, 11) is 0. The highest BCUT2D eigenvalue weighted by Gasteiger charge is 2.21. The van der Waals surface area contributed by atoms with E-state index in [0.29, 0.717) is 6.04 Å². The maximum atomic E-state index is 4.41. The average Bonchev–Trinajstić information content (AvgIpc) is 3.13. The van der Waals surface area contributed by atoms with Crippen molar-refractivity contribution in [1.29, 1.82) is 0 Å². The minimum absolute atomic E-state index is 0.628. The third-order valence-corrected chi connectivity index (χ3v) is 3.99. The number of aryl methyl sites for hydroxylation is 2. The van der Waals surface area contributed by atoms with Crippen molar-refractivity contribution in [2.75, 3.05) is 5.32 Å². The normalized spacial score (nSPS) is 17.3. The molecule has 2 aliphatic rings. The number of anilines is 1. The minimum atomic E-state index is 0.628. The van der Waals surface area contributed by atoms with Crippen LogP contribution in [0.5, 0.6) is 0 Å². The third kappa shape index (κ3) is 2.21. The number of hydrogen-bond acceptors (Lipinski definition) is 3. The Balaban J connectivity index is 1.67. The highest BCUT2D eigenvalue weighted by Crippen LogP contribution is 2.29. The summed E-state index contributed by atoms with van der Waals surface area (Å²) >= 11 is 0. The average molecular weight is 251 g/mol. The Morgan fingerprint density at radius 2 is 1.89 bits per heavy atom. The van der Waals surface area contributed by atoms with Crippen LogP contribution < -0.4 is 5.32 Å². The molecule has 1 aromatic heterocycles. The summed E-state index contributed by atoms with van der Waals surface area (Å²) in [6, 6.07) is 9.43. The predicted octanol–water partition coefficient (Wildman–Crippen LogP) is 3.21. The molecule has 0 saturated heterocycles. The van der Waals surface area contributed by atoms with Gasteiger partial charge < -0.3 is 5.32 Å². The zero-order valence-corrected chi connectivity index (χ0v) is 10.9. The molecule has 0 spiro atoms. The minimum Gasteiger partial charge on any atom is -0.367 e. The van der Waals surface area contributed by atoms with Gasteiger partial charge in [-0.25, -0.2) is 9.97 Å². The molecule has 0 bridgehead atoms. The van der Waals surface area contributed by atoms with Crippen molar-refractivity contribution >= 4 is 5.82 Å². The number of nitrogens with one attached hydrogen (secondary N) is 1. The number of benzene rings is 1. The Hall–Kier alpha value is -1.90. The van der Waals surface area contributed by atoms with E-state index in [9.17, 15) is 0 Å². The van der Waals surface area contributed by atoms with E-state index in [0.717, 1.165) is 11.5 Å². The molecular weight excluding hydrogens is 234 g/mol. The lowest BCUT2D eigenvalue weighted by Gasteiger charge is -2.07. The monoisotopic (exact) mass is 251 g/mol. The van der Waals surface area contributed by atoms with Crippen LogP contribution in [0.25, 0.3) is 11.3 Å². The molecule has 0 unspecified atom stereocenters. The maximum absolute atomic E-state index is 4.41. The third-order valence-electron chi connectivity index (χ3n) is 3.99. The SMILES string of the molecule is c1nc(NC2CC2)cc(-c2ccc3c(c2)CCC3)n1. The molecule has 1 fully saturated rings. The van der Waals surface area contributed by atoms with Crippen LogP contribution in [-0.4, -0.2) is 16.0 Å². The Kier molecular flexibility index (Phi) is 2.50. The Labute approximate surface area is 113 Å². The van der Waals surface area contributed by atoms with Crippen LogP contribution >= 0.6 is 0 Å². The molecule has 1 saturated carbocycles. The molecule has 2 aromatic rings. The quantitative estimate of drug-likeness (QED) is 0.910. The van der Waals surface area contributed by atoms with E-state index in [1.54, 1.807) is 6.33 Å². The topological polar surface area (TPSA) is 37.8 Å². The summed E-state index contributed by atoms with van der Waals surface area (Å²) in [6.07, 6.45) is 7.91. The van der Waals surface area contributed by atoms with Crippen molar-refractivity contribution < 1.29 is 0 Å². The van der Waals surface area contributed by atoms with Crippen molar-refractivity contribution in [2.45, 2.75) is 38.1 Å². The van der Waals surface area contributed by atoms with Gasteiger partial charge in [-0.15, -0.1) is 0 Å². The molecule has 19 heavy (non-hydrogen) atoms. The molecule has 96 valence electrons. The summed E-state index contributed by atoms with van der Waals surface area (Å²) in [4.78, 5) is 8.71. The van der Waals surface area contributed by atoms with Gasteiger partial charge >= 0.3 is 0 Å². The van der Waals surface area contributed by atoms with Gasteiger partial charge in [0.25, 0.3) is 0 Å². The van der Waals surface area contributed by atoms with Crippen LogP contribution in [0.15, 0.2) is 30.6 Å². The zero-order chi connectivity index (χ0) is 12.7. The van der Waals surface area contributed by atoms with Gasteiger partial charge in [-0.05, 0) is 49.3 Å². The number of rotatable bonds is 3. The number of aromatic nitrogens is 2. The van der Waals surface area contributed by atoms with Crippen molar-refractivity contribution in [1.82, 2.24) is 9.97 Å². The number of hydrogen-bond donors (Lipinski definition) is 1. The molecule has 1 heterocycles. The first-order valence-corrected chi connectivity index (χ1v) is 7.09. The van der Waals surface area contributed by atoms with Crippen LogP contribution in [-0.2, 0) is 12.8 Å². The molecule has 3 nitrogen and oxygen atoms in total. The molecule has 0 aliphatic heterocycles. The molecule has 3 heteroatoms. The van der Waals surface area contributed by atoms with Gasteiger partial charge in [0.2, 0.25) is 0 Å². The first-order valence-electron chi connectivity index (χ1n) is 7.09. The molecule has 2 aliphatic carbocycles. The van der Waals surface area contributed by atoms with E-state index in [1.807, 2.05) is 0 Å². The Morgan fingerprint density at radius 3 is 2.79 bits per heavy atom. The standard InChI is InChI=1S/C16H17N3/c1-2-11-4-5-13(8-12(11)3-1)15-9-16(18-10-17-15)19-14-6-7-14/h4-5,8-10,14H,1-3,6-7H2,(H,17,18,19). The smallest absolute Gasteiger partial charge is 0.130 e. The van der Waals surface area contributed by atoms with Gasteiger partial charge in [-0.3, -0.25) is 0 Å². The second-order valence-corrected chi connectivity index (χ2v) is 5.54. The molecular formula is C16H17N3. The van der Waals surface area contributed by atoms with Crippen molar-refractivity contribution in [3.05, 3.63) is 41.7 Å². The van der Waals surface area contributed by atoms with Gasteiger partial charge in [0.05, 0.1) is 5.69 Å². The summed E-state index contributed by atoms with van der Waals surface area (Å²) in [6.45, 7) is 0. The highest BCUT2D eigenvalue weighted by atomic mass is 15.1. The Morgan fingerprint density at radius 1 is 1.00 bits per heavy atom. The Bertz CT molecular complexity index is 617. The second kappa shape index (κ2) is 4.34. The fourth-order valence-electron chi connectivity index (χ4n) is 2.76. The summed E-state index contributed by atoms with van der Waals surface area (Å²) < 4.78 is 0. The molecule has 1 N–H and O–H groups in total. The lowest BCUT2D eigenvalue weighted by molar-refractivity contribution is 0.912. The van der Waals surface area contributed by atoms with Crippen LogP contribution in [0.2, 0.25) is 0 Å². The van der Waals surface area contributed by atoms with Crippen LogP contribution in [0.4, 0.5) is 5.82 Å². The van der Waals surface area contributed by atoms with E-state index in [2.05, 4.69) is 39.6 Å². The summed E-state index contributed by atoms with van der Waals surface area (Å²) in [5.74, 6) is 0.952. The maximum Gasteiger partial charge on any atom is 0.130 e. The zero-order valence-electron chi connectivity index (χ0n) is 10.9. The number of fused-ring (bicyclic) bond motifs is 1. The largest absolute Gasteiger partial charge is 0.367 e. The lowest BCUT2D eigenvalue weighted by Crippen LogP contribution is -2.03. The summed E-state index contributed by atoms with van der Waals surface area (Å²) in [5, 5.41) is 3.43. The van der Waals surface area contributed by atoms with Crippen LogP contribution in [0.1, 0.15) is 30.4 Å². The van der Waals surface area contributed by atoms with Gasteiger partial charge in [0, 0.05) is 17.7 Å².